The molecule has 0 fully saturated rings. The maximum absolute atomic E-state index is 11.8. The first-order chi connectivity index (χ1) is 8.83. The van der Waals surface area contributed by atoms with Crippen molar-refractivity contribution in [2.24, 2.45) is 0 Å². The van der Waals surface area contributed by atoms with Gasteiger partial charge in [-0.1, -0.05) is 49.1 Å². The smallest absolute Gasteiger partial charge is 0.186 e. The van der Waals surface area contributed by atoms with Gasteiger partial charge in [0.1, 0.15) is 0 Å². The summed E-state index contributed by atoms with van der Waals surface area (Å²) in [7, 11) is 0. The minimum atomic E-state index is 0.159. The number of unbranched alkanes of at least 4 members (excludes halogenated alkanes) is 2. The zero-order valence-corrected chi connectivity index (χ0v) is 10.6. The van der Waals surface area contributed by atoms with Gasteiger partial charge in [-0.2, -0.15) is 0 Å². The van der Waals surface area contributed by atoms with Crippen molar-refractivity contribution in [3.8, 4) is 0 Å². The van der Waals surface area contributed by atoms with Gasteiger partial charge in [0.05, 0.1) is 0 Å². The summed E-state index contributed by atoms with van der Waals surface area (Å²) in [5, 5.41) is 0. The zero-order valence-electron chi connectivity index (χ0n) is 10.6. The quantitative estimate of drug-likeness (QED) is 0.524. The van der Waals surface area contributed by atoms with Gasteiger partial charge in [-0.15, -0.1) is 0 Å². The molecule has 18 heavy (non-hydrogen) atoms. The summed E-state index contributed by atoms with van der Waals surface area (Å²) in [5.74, 6) is 0.159. The molecule has 0 amide bonds. The van der Waals surface area contributed by atoms with Crippen LogP contribution in [0.25, 0.3) is 5.57 Å². The Morgan fingerprint density at radius 1 is 1.11 bits per heavy atom. The topological polar surface area (TPSA) is 17.1 Å². The predicted molar refractivity (Wildman–Crippen MR) is 76.6 cm³/mol. The van der Waals surface area contributed by atoms with Crippen LogP contribution in [0.4, 0.5) is 0 Å². The molecule has 92 valence electrons. The van der Waals surface area contributed by atoms with Gasteiger partial charge in [-0.05, 0) is 42.9 Å². The Balaban J connectivity index is 1.88. The van der Waals surface area contributed by atoms with Crippen molar-refractivity contribution < 1.29 is 4.79 Å². The lowest BCUT2D eigenvalue weighted by molar-refractivity contribution is 0.105. The second-order valence-electron chi connectivity index (χ2n) is 4.49. The van der Waals surface area contributed by atoms with Crippen LogP contribution in [0.1, 0.15) is 41.6 Å². The van der Waals surface area contributed by atoms with Crippen molar-refractivity contribution in [3.05, 3.63) is 66.3 Å². The highest BCUT2D eigenvalue weighted by Crippen LogP contribution is 2.30. The molecule has 0 unspecified atom stereocenters. The molecular formula is C17H18O. The normalized spacial score (nSPS) is 13.8. The van der Waals surface area contributed by atoms with Crippen molar-refractivity contribution in [1.29, 1.82) is 0 Å². The number of carbonyl (C=O) groups excluding carboxylic acids is 1. The average molecular weight is 238 g/mol. The van der Waals surface area contributed by atoms with Gasteiger partial charge in [0.25, 0.3) is 0 Å². The van der Waals surface area contributed by atoms with Crippen molar-refractivity contribution >= 4 is 11.4 Å². The number of benzene rings is 1. The van der Waals surface area contributed by atoms with Crippen molar-refractivity contribution in [2.45, 2.75) is 25.7 Å². The van der Waals surface area contributed by atoms with E-state index < -0.39 is 0 Å². The van der Waals surface area contributed by atoms with Gasteiger partial charge in [0.2, 0.25) is 0 Å². The summed E-state index contributed by atoms with van der Waals surface area (Å²) in [4.78, 5) is 11.8. The number of fused-ring (bicyclic) bond motifs is 1. The van der Waals surface area contributed by atoms with E-state index in [9.17, 15) is 4.79 Å². The Morgan fingerprint density at radius 3 is 2.67 bits per heavy atom. The minimum absolute atomic E-state index is 0.159. The van der Waals surface area contributed by atoms with Crippen LogP contribution < -0.4 is 0 Å². The third kappa shape index (κ3) is 2.86. The van der Waals surface area contributed by atoms with Crippen LogP contribution in [-0.2, 0) is 0 Å². The molecule has 0 aliphatic heterocycles. The van der Waals surface area contributed by atoms with E-state index in [-0.39, 0.29) is 5.78 Å². The third-order valence-electron chi connectivity index (χ3n) is 3.18. The Bertz CT molecular complexity index is 506. The second-order valence-corrected chi connectivity index (χ2v) is 4.49. The van der Waals surface area contributed by atoms with Crippen molar-refractivity contribution in [1.82, 2.24) is 0 Å². The number of hydrogen-bond donors (Lipinski definition) is 0. The van der Waals surface area contributed by atoms with E-state index in [4.69, 9.17) is 0 Å². The number of carbonyl (C=O) groups is 1. The maximum Gasteiger partial charge on any atom is 0.186 e. The van der Waals surface area contributed by atoms with Crippen LogP contribution in [0.3, 0.4) is 0 Å². The van der Waals surface area contributed by atoms with Gasteiger partial charge >= 0.3 is 0 Å². The van der Waals surface area contributed by atoms with E-state index in [2.05, 4.69) is 12.7 Å². The maximum atomic E-state index is 11.8. The number of ketones is 1. The predicted octanol–water partition coefficient (Wildman–Crippen LogP) is 4.57. The molecule has 1 aromatic rings. The van der Waals surface area contributed by atoms with Crippen LogP contribution >= 0.6 is 0 Å². The minimum Gasteiger partial charge on any atom is -0.289 e. The van der Waals surface area contributed by atoms with Crippen molar-refractivity contribution in [3.63, 3.8) is 0 Å². The molecule has 1 aromatic carbocycles. The van der Waals surface area contributed by atoms with Crippen LogP contribution in [0, 0.1) is 0 Å². The molecule has 1 aliphatic carbocycles. The molecule has 0 saturated carbocycles. The van der Waals surface area contributed by atoms with E-state index in [0.29, 0.717) is 0 Å². The molecule has 0 radical (unpaired) electrons. The number of hydrogen-bond acceptors (Lipinski definition) is 1. The highest BCUT2D eigenvalue weighted by Gasteiger charge is 2.19. The molecule has 2 rings (SSSR count). The van der Waals surface area contributed by atoms with Crippen LogP contribution in [-0.4, -0.2) is 5.78 Å². The van der Waals surface area contributed by atoms with E-state index in [1.165, 1.54) is 5.57 Å². The summed E-state index contributed by atoms with van der Waals surface area (Å²) in [6.07, 6.45) is 12.0. The molecular weight excluding hydrogens is 220 g/mol. The van der Waals surface area contributed by atoms with Crippen LogP contribution in [0.2, 0.25) is 0 Å². The molecule has 1 heteroatoms. The Hall–Kier alpha value is -1.89. The van der Waals surface area contributed by atoms with E-state index in [1.807, 2.05) is 30.3 Å². The lowest BCUT2D eigenvalue weighted by Gasteiger charge is -2.03. The first kappa shape index (κ1) is 12.6. The highest BCUT2D eigenvalue weighted by molar-refractivity contribution is 6.16. The van der Waals surface area contributed by atoms with Gasteiger partial charge < -0.3 is 0 Å². The summed E-state index contributed by atoms with van der Waals surface area (Å²) in [6.45, 7) is 3.64. The standard InChI is InChI=1S/C17H18O/c1-2-3-4-5-6-7-10-14-13-17(18)16-12-9-8-11-15(14)16/h2-4,8-9,11-13H,1,5-7,10H2/b4-3+. The third-order valence-corrected chi connectivity index (χ3v) is 3.18. The summed E-state index contributed by atoms with van der Waals surface area (Å²) < 4.78 is 0. The van der Waals surface area contributed by atoms with Crippen molar-refractivity contribution in [2.75, 3.05) is 0 Å². The summed E-state index contributed by atoms with van der Waals surface area (Å²) >= 11 is 0. The van der Waals surface area contributed by atoms with E-state index in [0.717, 1.165) is 36.8 Å². The molecule has 0 spiro atoms. The molecule has 0 saturated heterocycles. The van der Waals surface area contributed by atoms with E-state index in [1.54, 1.807) is 12.2 Å². The monoisotopic (exact) mass is 238 g/mol. The van der Waals surface area contributed by atoms with Gasteiger partial charge in [-0.25, -0.2) is 0 Å². The number of rotatable bonds is 6. The summed E-state index contributed by atoms with van der Waals surface area (Å²) in [6, 6.07) is 7.88. The fourth-order valence-electron chi connectivity index (χ4n) is 2.27. The first-order valence-corrected chi connectivity index (χ1v) is 6.45. The first-order valence-electron chi connectivity index (χ1n) is 6.45. The molecule has 0 heterocycles. The molecule has 0 atom stereocenters. The fraction of sp³-hybridized carbons (Fsp3) is 0.235. The molecule has 1 aliphatic rings. The summed E-state index contributed by atoms with van der Waals surface area (Å²) in [5.41, 5.74) is 3.19. The molecule has 0 N–H and O–H groups in total. The number of allylic oxidation sites excluding steroid dienone is 5. The molecule has 0 bridgehead atoms. The van der Waals surface area contributed by atoms with Crippen LogP contribution in [0.15, 0.2) is 55.1 Å². The Morgan fingerprint density at radius 2 is 1.89 bits per heavy atom. The van der Waals surface area contributed by atoms with E-state index >= 15 is 0 Å². The lowest BCUT2D eigenvalue weighted by Crippen LogP contribution is -1.89. The van der Waals surface area contributed by atoms with Gasteiger partial charge in [0, 0.05) is 5.56 Å². The Labute approximate surface area is 109 Å². The second kappa shape index (κ2) is 6.15. The largest absolute Gasteiger partial charge is 0.289 e. The zero-order chi connectivity index (χ0) is 12.8. The van der Waals surface area contributed by atoms with Gasteiger partial charge in [0.15, 0.2) is 5.78 Å². The molecule has 0 aromatic heterocycles. The fourth-order valence-corrected chi connectivity index (χ4v) is 2.27. The van der Waals surface area contributed by atoms with Crippen LogP contribution in [0.5, 0.6) is 0 Å². The average Bonchev–Trinajstić information content (AvgIpc) is 2.71. The lowest BCUT2D eigenvalue weighted by atomic mass is 10.0. The molecule has 1 nitrogen and oxygen atoms in total. The highest BCUT2D eigenvalue weighted by atomic mass is 16.1. The SMILES string of the molecule is C=C/C=C/CCCCC1=CC(=O)c2ccccc21. The van der Waals surface area contributed by atoms with Gasteiger partial charge in [-0.3, -0.25) is 4.79 Å². The Kier molecular flexibility index (Phi) is 4.30.